The van der Waals surface area contributed by atoms with Gasteiger partial charge < -0.3 is 9.13 Å². The molecule has 0 saturated heterocycles. The average Bonchev–Trinajstić information content (AvgIpc) is 3.48. The zero-order chi connectivity index (χ0) is 25.8. The fourth-order valence-electron chi connectivity index (χ4n) is 6.15. The second kappa shape index (κ2) is 8.38. The van der Waals surface area contributed by atoms with Crippen LogP contribution in [-0.2, 0) is 12.8 Å². The van der Waals surface area contributed by atoms with Gasteiger partial charge in [-0.2, -0.15) is 15.8 Å². The minimum atomic E-state index is 0.0846. The van der Waals surface area contributed by atoms with Gasteiger partial charge in [0.2, 0.25) is 0 Å². The Morgan fingerprint density at radius 3 is 2.16 bits per heavy atom. The first-order chi connectivity index (χ1) is 18.7. The lowest BCUT2D eigenvalue weighted by atomic mass is 9.97. The summed E-state index contributed by atoms with van der Waals surface area (Å²) in [4.78, 5) is 0. The molecule has 1 atom stereocenters. The van der Waals surface area contributed by atoms with Crippen molar-refractivity contribution in [3.63, 3.8) is 0 Å². The summed E-state index contributed by atoms with van der Waals surface area (Å²) < 4.78 is 4.69. The number of hydrogen-bond donors (Lipinski definition) is 0. The molecule has 0 saturated carbocycles. The molecule has 2 aromatic heterocycles. The summed E-state index contributed by atoms with van der Waals surface area (Å²) in [7, 11) is 0. The van der Waals surface area contributed by atoms with Crippen molar-refractivity contribution in [3.05, 3.63) is 112 Å². The first-order valence-corrected chi connectivity index (χ1v) is 12.7. The Morgan fingerprint density at radius 2 is 1.42 bits per heavy atom. The molecule has 2 aliphatic carbocycles. The second-order valence-corrected chi connectivity index (χ2v) is 9.85. The Labute approximate surface area is 220 Å². The van der Waals surface area contributed by atoms with Crippen molar-refractivity contribution >= 4 is 34.0 Å². The van der Waals surface area contributed by atoms with Gasteiger partial charge in [-0.3, -0.25) is 0 Å². The number of nitriles is 3. The van der Waals surface area contributed by atoms with Gasteiger partial charge in [0, 0.05) is 45.3 Å². The van der Waals surface area contributed by atoms with Crippen LogP contribution in [0.5, 0.6) is 0 Å². The van der Waals surface area contributed by atoms with Gasteiger partial charge in [-0.1, -0.05) is 18.2 Å². The highest BCUT2D eigenvalue weighted by molar-refractivity contribution is 5.95. The molecule has 7 rings (SSSR count). The lowest BCUT2D eigenvalue weighted by Crippen LogP contribution is -2.17. The van der Waals surface area contributed by atoms with E-state index in [0.717, 1.165) is 52.3 Å². The van der Waals surface area contributed by atoms with Crippen molar-refractivity contribution in [2.24, 2.45) is 0 Å². The van der Waals surface area contributed by atoms with Gasteiger partial charge in [-0.25, -0.2) is 0 Å². The number of nitrogens with zero attached hydrogens (tertiary/aromatic N) is 5. The standard InChI is InChI=1S/C33H21N5/c34-18-21-5-9-24(10-6-21)37-31-13-7-23(20-36)16-29(31)27-12-11-25(17-33(27)37)38-30-4-2-1-3-26(30)28-15-22(19-35)8-14-32(28)38/h2,4-16,25H,1,3,17H2. The van der Waals surface area contributed by atoms with Crippen molar-refractivity contribution in [2.75, 3.05) is 0 Å². The topological polar surface area (TPSA) is 81.2 Å². The largest absolute Gasteiger partial charge is 0.333 e. The van der Waals surface area contributed by atoms with Gasteiger partial charge in [-0.15, -0.1) is 0 Å². The van der Waals surface area contributed by atoms with Crippen LogP contribution in [0, 0.1) is 34.0 Å². The number of allylic oxidation sites excluding steroid dienone is 2. The van der Waals surface area contributed by atoms with Crippen molar-refractivity contribution in [1.29, 1.82) is 15.8 Å². The number of fused-ring (bicyclic) bond motifs is 6. The molecule has 5 aromatic rings. The maximum Gasteiger partial charge on any atom is 0.0991 e. The second-order valence-electron chi connectivity index (χ2n) is 9.85. The van der Waals surface area contributed by atoms with Crippen molar-refractivity contribution in [3.8, 4) is 23.9 Å². The smallest absolute Gasteiger partial charge is 0.0991 e. The molecule has 5 heteroatoms. The van der Waals surface area contributed by atoms with E-state index in [0.29, 0.717) is 16.7 Å². The zero-order valence-electron chi connectivity index (χ0n) is 20.5. The number of rotatable bonds is 2. The SMILES string of the molecule is N#Cc1ccc(-n2c3c(c4cc(C#N)ccc42)C=CC(n2c4c(c5cc(C#N)ccc52)CCC=C4)C3)cc1. The van der Waals surface area contributed by atoms with Crippen LogP contribution in [0.25, 0.3) is 39.6 Å². The summed E-state index contributed by atoms with van der Waals surface area (Å²) in [5.41, 5.74) is 9.95. The summed E-state index contributed by atoms with van der Waals surface area (Å²) in [5.74, 6) is 0. The number of hydrogen-bond acceptors (Lipinski definition) is 3. The summed E-state index contributed by atoms with van der Waals surface area (Å²) >= 11 is 0. The van der Waals surface area contributed by atoms with E-state index in [1.54, 1.807) is 0 Å². The van der Waals surface area contributed by atoms with Crippen molar-refractivity contribution < 1.29 is 0 Å². The highest BCUT2D eigenvalue weighted by atomic mass is 15.1. The lowest BCUT2D eigenvalue weighted by molar-refractivity contribution is 0.597. The minimum Gasteiger partial charge on any atom is -0.333 e. The van der Waals surface area contributed by atoms with Crippen LogP contribution < -0.4 is 0 Å². The van der Waals surface area contributed by atoms with E-state index in [1.165, 1.54) is 17.0 Å². The Balaban J connectivity index is 1.45. The molecule has 0 amide bonds. The van der Waals surface area contributed by atoms with E-state index < -0.39 is 0 Å². The first kappa shape index (κ1) is 21.9. The predicted octanol–water partition coefficient (Wildman–Crippen LogP) is 6.97. The highest BCUT2D eigenvalue weighted by Crippen LogP contribution is 2.41. The molecule has 0 bridgehead atoms. The number of aromatic nitrogens is 2. The van der Waals surface area contributed by atoms with Crippen LogP contribution in [0.3, 0.4) is 0 Å². The summed E-state index contributed by atoms with van der Waals surface area (Å²) in [5, 5.41) is 30.6. The molecule has 2 heterocycles. The molecule has 0 N–H and O–H groups in total. The molecule has 1 unspecified atom stereocenters. The minimum absolute atomic E-state index is 0.0846. The van der Waals surface area contributed by atoms with E-state index in [4.69, 9.17) is 0 Å². The maximum absolute atomic E-state index is 9.56. The third-order valence-corrected chi connectivity index (χ3v) is 7.83. The highest BCUT2D eigenvalue weighted by Gasteiger charge is 2.28. The summed E-state index contributed by atoms with van der Waals surface area (Å²) in [6.45, 7) is 0. The van der Waals surface area contributed by atoms with Gasteiger partial charge in [0.15, 0.2) is 0 Å². The quantitative estimate of drug-likeness (QED) is 0.270. The number of benzene rings is 3. The zero-order valence-corrected chi connectivity index (χ0v) is 20.5. The van der Waals surface area contributed by atoms with Gasteiger partial charge in [-0.05, 0) is 85.1 Å². The molecule has 178 valence electrons. The molecule has 38 heavy (non-hydrogen) atoms. The molecule has 0 fully saturated rings. The average molecular weight is 488 g/mol. The molecular weight excluding hydrogens is 466 g/mol. The lowest BCUT2D eigenvalue weighted by Gasteiger charge is -2.25. The summed E-state index contributed by atoms with van der Waals surface area (Å²) in [6.07, 6.45) is 11.7. The van der Waals surface area contributed by atoms with Crippen LogP contribution in [0.1, 0.15) is 51.7 Å². The van der Waals surface area contributed by atoms with Crippen LogP contribution in [0.2, 0.25) is 0 Å². The van der Waals surface area contributed by atoms with Gasteiger partial charge in [0.05, 0.1) is 46.5 Å². The maximum atomic E-state index is 9.56. The molecule has 5 nitrogen and oxygen atoms in total. The first-order valence-electron chi connectivity index (χ1n) is 12.7. The van der Waals surface area contributed by atoms with Crippen LogP contribution in [-0.4, -0.2) is 9.13 Å². The van der Waals surface area contributed by atoms with Crippen molar-refractivity contribution in [1.82, 2.24) is 9.13 Å². The Kier molecular flexibility index (Phi) is 4.83. The van der Waals surface area contributed by atoms with Crippen LogP contribution in [0.4, 0.5) is 0 Å². The Bertz CT molecular complexity index is 1970. The summed E-state index contributed by atoms with van der Waals surface area (Å²) in [6, 6.07) is 26.4. The third-order valence-electron chi connectivity index (χ3n) is 7.83. The van der Waals surface area contributed by atoms with Crippen LogP contribution in [0.15, 0.2) is 72.8 Å². The molecule has 2 aliphatic rings. The Morgan fingerprint density at radius 1 is 0.737 bits per heavy atom. The number of aryl methyl sites for hydroxylation is 1. The molecule has 3 aromatic carbocycles. The molecule has 0 aliphatic heterocycles. The molecular formula is C33H21N5. The Hall–Kier alpha value is -5.31. The fraction of sp³-hybridized carbons (Fsp3) is 0.121. The van der Waals surface area contributed by atoms with E-state index in [1.807, 2.05) is 54.6 Å². The third kappa shape index (κ3) is 3.15. The van der Waals surface area contributed by atoms with E-state index in [9.17, 15) is 15.8 Å². The van der Waals surface area contributed by atoms with Crippen molar-refractivity contribution in [2.45, 2.75) is 25.3 Å². The van der Waals surface area contributed by atoms with E-state index in [2.05, 4.69) is 57.7 Å². The monoisotopic (exact) mass is 487 g/mol. The molecule has 0 radical (unpaired) electrons. The van der Waals surface area contributed by atoms with Gasteiger partial charge >= 0.3 is 0 Å². The molecule has 0 spiro atoms. The van der Waals surface area contributed by atoms with Gasteiger partial charge in [0.25, 0.3) is 0 Å². The van der Waals surface area contributed by atoms with Crippen LogP contribution >= 0.6 is 0 Å². The fourth-order valence-corrected chi connectivity index (χ4v) is 6.15. The van der Waals surface area contributed by atoms with Gasteiger partial charge in [0.1, 0.15) is 0 Å². The van der Waals surface area contributed by atoms with E-state index >= 15 is 0 Å². The van der Waals surface area contributed by atoms with E-state index in [-0.39, 0.29) is 6.04 Å². The predicted molar refractivity (Wildman–Crippen MR) is 148 cm³/mol. The normalized spacial score (nSPS) is 15.6.